The molecule has 5 nitrogen and oxygen atoms in total. The highest BCUT2D eigenvalue weighted by molar-refractivity contribution is 5.96. The SMILES string of the molecule is CCCOc1ccc2[nH]c3cc(OC)cc(O)c3c(=O)c2c1. The van der Waals surface area contributed by atoms with E-state index in [2.05, 4.69) is 4.98 Å². The summed E-state index contributed by atoms with van der Waals surface area (Å²) in [5, 5.41) is 10.8. The van der Waals surface area contributed by atoms with Crippen LogP contribution in [0.25, 0.3) is 21.8 Å². The quantitative estimate of drug-likeness (QED) is 0.726. The van der Waals surface area contributed by atoms with E-state index < -0.39 is 0 Å². The molecule has 0 radical (unpaired) electrons. The third-order valence-corrected chi connectivity index (χ3v) is 3.53. The molecule has 1 heterocycles. The van der Waals surface area contributed by atoms with Crippen molar-refractivity contribution in [2.24, 2.45) is 0 Å². The van der Waals surface area contributed by atoms with Crippen LogP contribution in [0.1, 0.15) is 13.3 Å². The fourth-order valence-electron chi connectivity index (χ4n) is 2.47. The van der Waals surface area contributed by atoms with E-state index >= 15 is 0 Å². The molecule has 3 aromatic rings. The molecule has 0 unspecified atom stereocenters. The number of methoxy groups -OCH3 is 1. The van der Waals surface area contributed by atoms with Crippen LogP contribution >= 0.6 is 0 Å². The third kappa shape index (κ3) is 2.35. The Morgan fingerprint density at radius 3 is 2.68 bits per heavy atom. The first kappa shape index (κ1) is 14.3. The predicted molar refractivity (Wildman–Crippen MR) is 86.1 cm³/mol. The number of nitrogens with one attached hydrogen (secondary N) is 1. The summed E-state index contributed by atoms with van der Waals surface area (Å²) in [6, 6.07) is 8.45. The van der Waals surface area contributed by atoms with Gasteiger partial charge in [-0.25, -0.2) is 0 Å². The average Bonchev–Trinajstić information content (AvgIpc) is 2.52. The minimum atomic E-state index is -0.231. The zero-order valence-electron chi connectivity index (χ0n) is 12.5. The maximum absolute atomic E-state index is 12.7. The Balaban J connectivity index is 2.27. The van der Waals surface area contributed by atoms with Crippen molar-refractivity contribution >= 4 is 21.8 Å². The van der Waals surface area contributed by atoms with E-state index in [0.29, 0.717) is 34.5 Å². The lowest BCUT2D eigenvalue weighted by Crippen LogP contribution is -2.05. The zero-order chi connectivity index (χ0) is 15.7. The summed E-state index contributed by atoms with van der Waals surface area (Å²) in [5.74, 6) is 1.03. The molecule has 0 spiro atoms. The number of hydrogen-bond donors (Lipinski definition) is 2. The van der Waals surface area contributed by atoms with Crippen LogP contribution in [0.4, 0.5) is 0 Å². The first-order valence-electron chi connectivity index (χ1n) is 7.13. The minimum Gasteiger partial charge on any atom is -0.507 e. The predicted octanol–water partition coefficient (Wildman–Crippen LogP) is 3.18. The number of pyridine rings is 1. The molecule has 0 aliphatic rings. The molecular formula is C17H17NO4. The fourth-order valence-corrected chi connectivity index (χ4v) is 2.47. The van der Waals surface area contributed by atoms with Gasteiger partial charge in [0.05, 0.1) is 30.1 Å². The Hall–Kier alpha value is -2.69. The molecule has 0 saturated heterocycles. The van der Waals surface area contributed by atoms with Crippen LogP contribution in [0.15, 0.2) is 35.1 Å². The van der Waals surface area contributed by atoms with E-state index in [4.69, 9.17) is 9.47 Å². The lowest BCUT2D eigenvalue weighted by Gasteiger charge is -2.09. The van der Waals surface area contributed by atoms with Gasteiger partial charge in [-0.3, -0.25) is 4.79 Å². The fraction of sp³-hybridized carbons (Fsp3) is 0.235. The second-order valence-corrected chi connectivity index (χ2v) is 5.08. The molecule has 0 fully saturated rings. The molecule has 2 aromatic carbocycles. The summed E-state index contributed by atoms with van der Waals surface area (Å²) >= 11 is 0. The topological polar surface area (TPSA) is 71.6 Å². The van der Waals surface area contributed by atoms with Gasteiger partial charge in [-0.15, -0.1) is 0 Å². The van der Waals surface area contributed by atoms with Crippen LogP contribution in [-0.4, -0.2) is 23.8 Å². The number of fused-ring (bicyclic) bond motifs is 2. The number of aromatic nitrogens is 1. The standard InChI is InChI=1S/C17H17NO4/c1-3-6-22-10-4-5-13-12(7-10)17(20)16-14(18-13)8-11(21-2)9-15(16)19/h4-5,7-9,19H,3,6H2,1-2H3,(H,18,20). The van der Waals surface area contributed by atoms with Gasteiger partial charge in [0, 0.05) is 17.5 Å². The number of rotatable bonds is 4. The van der Waals surface area contributed by atoms with Crippen molar-refractivity contribution < 1.29 is 14.6 Å². The van der Waals surface area contributed by atoms with E-state index in [0.717, 1.165) is 6.42 Å². The summed E-state index contributed by atoms with van der Waals surface area (Å²) in [6.45, 7) is 2.62. The van der Waals surface area contributed by atoms with Crippen LogP contribution in [0, 0.1) is 0 Å². The van der Waals surface area contributed by atoms with Crippen molar-refractivity contribution in [1.82, 2.24) is 4.98 Å². The Kier molecular flexibility index (Phi) is 3.63. The number of benzene rings is 2. The normalized spacial score (nSPS) is 11.0. The van der Waals surface area contributed by atoms with Gasteiger partial charge < -0.3 is 19.6 Å². The van der Waals surface area contributed by atoms with Crippen molar-refractivity contribution in [3.63, 3.8) is 0 Å². The van der Waals surface area contributed by atoms with Gasteiger partial charge in [-0.2, -0.15) is 0 Å². The minimum absolute atomic E-state index is 0.0996. The highest BCUT2D eigenvalue weighted by atomic mass is 16.5. The smallest absolute Gasteiger partial charge is 0.201 e. The van der Waals surface area contributed by atoms with Crippen LogP contribution in [0.2, 0.25) is 0 Å². The van der Waals surface area contributed by atoms with Gasteiger partial charge in [0.25, 0.3) is 0 Å². The molecule has 22 heavy (non-hydrogen) atoms. The maximum Gasteiger partial charge on any atom is 0.201 e. The van der Waals surface area contributed by atoms with E-state index in [1.54, 1.807) is 18.2 Å². The molecule has 3 rings (SSSR count). The van der Waals surface area contributed by atoms with Gasteiger partial charge in [0.2, 0.25) is 5.43 Å². The molecule has 5 heteroatoms. The molecule has 0 saturated carbocycles. The molecule has 2 N–H and O–H groups in total. The molecule has 0 atom stereocenters. The summed E-state index contributed by atoms with van der Waals surface area (Å²) < 4.78 is 10.7. The molecule has 114 valence electrons. The summed E-state index contributed by atoms with van der Waals surface area (Å²) in [6.07, 6.45) is 0.896. The Morgan fingerprint density at radius 1 is 1.14 bits per heavy atom. The van der Waals surface area contributed by atoms with Crippen molar-refractivity contribution in [3.8, 4) is 17.2 Å². The molecular weight excluding hydrogens is 282 g/mol. The van der Waals surface area contributed by atoms with Crippen molar-refractivity contribution in [3.05, 3.63) is 40.6 Å². The molecule has 0 aliphatic carbocycles. The number of aromatic amines is 1. The summed E-state index contributed by atoms with van der Waals surface area (Å²) in [5.41, 5.74) is 0.997. The average molecular weight is 299 g/mol. The zero-order valence-corrected chi connectivity index (χ0v) is 12.5. The molecule has 0 bridgehead atoms. The maximum atomic E-state index is 12.7. The summed E-state index contributed by atoms with van der Waals surface area (Å²) in [4.78, 5) is 15.8. The van der Waals surface area contributed by atoms with Gasteiger partial charge in [-0.1, -0.05) is 6.92 Å². The lowest BCUT2D eigenvalue weighted by atomic mass is 10.1. The summed E-state index contributed by atoms with van der Waals surface area (Å²) in [7, 11) is 1.51. The number of H-pyrrole nitrogens is 1. The lowest BCUT2D eigenvalue weighted by molar-refractivity contribution is 0.318. The number of aromatic hydroxyl groups is 1. The highest BCUT2D eigenvalue weighted by Crippen LogP contribution is 2.29. The van der Waals surface area contributed by atoms with Crippen LogP contribution in [0.3, 0.4) is 0 Å². The van der Waals surface area contributed by atoms with Gasteiger partial charge >= 0.3 is 0 Å². The van der Waals surface area contributed by atoms with Gasteiger partial charge in [0.1, 0.15) is 17.2 Å². The van der Waals surface area contributed by atoms with Crippen LogP contribution in [0.5, 0.6) is 17.2 Å². The number of ether oxygens (including phenoxy) is 2. The third-order valence-electron chi connectivity index (χ3n) is 3.53. The Morgan fingerprint density at radius 2 is 1.95 bits per heavy atom. The second kappa shape index (κ2) is 5.60. The van der Waals surface area contributed by atoms with E-state index in [1.807, 2.05) is 13.0 Å². The number of phenolic OH excluding ortho intramolecular Hbond substituents is 1. The van der Waals surface area contributed by atoms with Crippen LogP contribution < -0.4 is 14.9 Å². The Labute approximate surface area is 127 Å². The van der Waals surface area contributed by atoms with Crippen LogP contribution in [-0.2, 0) is 0 Å². The second-order valence-electron chi connectivity index (χ2n) is 5.08. The first-order chi connectivity index (χ1) is 10.6. The van der Waals surface area contributed by atoms with E-state index in [9.17, 15) is 9.90 Å². The number of phenols is 1. The molecule has 1 aromatic heterocycles. The molecule has 0 amide bonds. The van der Waals surface area contributed by atoms with Gasteiger partial charge in [0.15, 0.2) is 0 Å². The van der Waals surface area contributed by atoms with Gasteiger partial charge in [-0.05, 0) is 24.6 Å². The first-order valence-corrected chi connectivity index (χ1v) is 7.13. The van der Waals surface area contributed by atoms with Crippen molar-refractivity contribution in [2.45, 2.75) is 13.3 Å². The van der Waals surface area contributed by atoms with Crippen molar-refractivity contribution in [1.29, 1.82) is 0 Å². The van der Waals surface area contributed by atoms with E-state index in [-0.39, 0.29) is 16.6 Å². The highest BCUT2D eigenvalue weighted by Gasteiger charge is 2.12. The largest absolute Gasteiger partial charge is 0.507 e. The monoisotopic (exact) mass is 299 g/mol. The number of hydrogen-bond acceptors (Lipinski definition) is 4. The van der Waals surface area contributed by atoms with Crippen molar-refractivity contribution in [2.75, 3.05) is 13.7 Å². The Bertz CT molecular complexity index is 898. The van der Waals surface area contributed by atoms with E-state index in [1.165, 1.54) is 13.2 Å². The molecule has 0 aliphatic heterocycles.